The maximum absolute atomic E-state index is 12.1. The summed E-state index contributed by atoms with van der Waals surface area (Å²) in [5.41, 5.74) is 0.693. The van der Waals surface area contributed by atoms with Gasteiger partial charge in [0.1, 0.15) is 6.04 Å². The molecule has 1 fully saturated rings. The largest absolute Gasteiger partial charge is 0.480 e. The van der Waals surface area contributed by atoms with Gasteiger partial charge in [0.25, 0.3) is 5.56 Å². The number of nitrogens with zero attached hydrogens (tertiary/aromatic N) is 2. The first kappa shape index (κ1) is 15.6. The molecule has 0 spiro atoms. The molecule has 1 saturated heterocycles. The molecule has 1 N–H and O–H groups in total. The van der Waals surface area contributed by atoms with Gasteiger partial charge in [0.15, 0.2) is 0 Å². The van der Waals surface area contributed by atoms with Crippen molar-refractivity contribution in [2.45, 2.75) is 45.6 Å². The van der Waals surface area contributed by atoms with Crippen molar-refractivity contribution in [3.05, 3.63) is 28.7 Å². The van der Waals surface area contributed by atoms with Gasteiger partial charge < -0.3 is 10.0 Å². The zero-order chi connectivity index (χ0) is 15.4. The van der Waals surface area contributed by atoms with E-state index in [4.69, 9.17) is 0 Å². The summed E-state index contributed by atoms with van der Waals surface area (Å²) in [7, 11) is 0. The lowest BCUT2D eigenvalue weighted by Gasteiger charge is -2.25. The standard InChI is InChI=1S/C16H24N2O3/c1-12(2)15(16(20)21)18-11-13(7-8-14(18)19)17-9-5-3-4-6-10-17/h7-8,11-12,15H,3-6,9-10H2,1-2H3,(H,20,21). The number of aromatic nitrogens is 1. The first-order valence-electron chi connectivity index (χ1n) is 7.70. The molecule has 5 nitrogen and oxygen atoms in total. The Morgan fingerprint density at radius 1 is 1.14 bits per heavy atom. The minimum Gasteiger partial charge on any atom is -0.480 e. The molecule has 1 aliphatic rings. The van der Waals surface area contributed by atoms with Crippen LogP contribution in [0.5, 0.6) is 0 Å². The third kappa shape index (κ3) is 3.65. The first-order chi connectivity index (χ1) is 10.0. The minimum absolute atomic E-state index is 0.139. The van der Waals surface area contributed by atoms with Gasteiger partial charge in [0, 0.05) is 25.4 Å². The molecule has 0 amide bonds. The number of carboxylic acid groups (broad SMARTS) is 1. The third-order valence-corrected chi connectivity index (χ3v) is 4.08. The van der Waals surface area contributed by atoms with Crippen molar-refractivity contribution >= 4 is 11.7 Å². The quantitative estimate of drug-likeness (QED) is 0.926. The molecule has 2 rings (SSSR count). The van der Waals surface area contributed by atoms with Gasteiger partial charge in [-0.15, -0.1) is 0 Å². The lowest BCUT2D eigenvalue weighted by atomic mass is 10.0. The molecule has 1 atom stereocenters. The van der Waals surface area contributed by atoms with E-state index in [1.165, 1.54) is 23.5 Å². The summed E-state index contributed by atoms with van der Waals surface area (Å²) < 4.78 is 1.37. The van der Waals surface area contributed by atoms with Crippen LogP contribution in [0.4, 0.5) is 5.69 Å². The van der Waals surface area contributed by atoms with Gasteiger partial charge in [-0.05, 0) is 24.8 Å². The van der Waals surface area contributed by atoms with Crippen molar-refractivity contribution in [2.24, 2.45) is 5.92 Å². The SMILES string of the molecule is CC(C)C(C(=O)O)n1cc(N2CCCCCC2)ccc1=O. The van der Waals surface area contributed by atoms with E-state index in [0.29, 0.717) is 0 Å². The van der Waals surface area contributed by atoms with E-state index >= 15 is 0 Å². The summed E-state index contributed by atoms with van der Waals surface area (Å²) in [5.74, 6) is -1.10. The molecule has 5 heteroatoms. The maximum atomic E-state index is 12.1. The monoisotopic (exact) mass is 292 g/mol. The second kappa shape index (κ2) is 6.78. The molecule has 1 unspecified atom stereocenters. The van der Waals surface area contributed by atoms with Crippen LogP contribution in [0, 0.1) is 5.92 Å². The summed E-state index contributed by atoms with van der Waals surface area (Å²) in [6.45, 7) is 5.59. The van der Waals surface area contributed by atoms with Crippen molar-refractivity contribution in [2.75, 3.05) is 18.0 Å². The number of anilines is 1. The van der Waals surface area contributed by atoms with Gasteiger partial charge in [-0.3, -0.25) is 9.36 Å². The Morgan fingerprint density at radius 3 is 2.29 bits per heavy atom. The highest BCUT2D eigenvalue weighted by atomic mass is 16.4. The van der Waals surface area contributed by atoms with Crippen LogP contribution in [0.15, 0.2) is 23.1 Å². The second-order valence-corrected chi connectivity index (χ2v) is 6.06. The Hall–Kier alpha value is -1.78. The van der Waals surface area contributed by atoms with Crippen LogP contribution in [-0.4, -0.2) is 28.7 Å². The molecule has 0 radical (unpaired) electrons. The molecule has 1 aromatic heterocycles. The predicted molar refractivity (Wildman–Crippen MR) is 82.9 cm³/mol. The van der Waals surface area contributed by atoms with Crippen molar-refractivity contribution in [1.82, 2.24) is 4.57 Å². The second-order valence-electron chi connectivity index (χ2n) is 6.06. The fourth-order valence-corrected chi connectivity index (χ4v) is 2.95. The van der Waals surface area contributed by atoms with Gasteiger partial charge in [-0.1, -0.05) is 26.7 Å². The summed E-state index contributed by atoms with van der Waals surface area (Å²) in [5, 5.41) is 9.39. The lowest BCUT2D eigenvalue weighted by Crippen LogP contribution is -2.34. The molecule has 116 valence electrons. The minimum atomic E-state index is -0.958. The van der Waals surface area contributed by atoms with Gasteiger partial charge in [0.2, 0.25) is 0 Å². The van der Waals surface area contributed by atoms with E-state index in [2.05, 4.69) is 4.90 Å². The van der Waals surface area contributed by atoms with Crippen molar-refractivity contribution in [3.8, 4) is 0 Å². The highest BCUT2D eigenvalue weighted by molar-refractivity contribution is 5.72. The lowest BCUT2D eigenvalue weighted by molar-refractivity contribution is -0.142. The van der Waals surface area contributed by atoms with Gasteiger partial charge >= 0.3 is 5.97 Å². The Morgan fingerprint density at radius 2 is 1.76 bits per heavy atom. The van der Waals surface area contributed by atoms with Crippen LogP contribution < -0.4 is 10.5 Å². The third-order valence-electron chi connectivity index (χ3n) is 4.08. The molecule has 21 heavy (non-hydrogen) atoms. The molecular formula is C16H24N2O3. The van der Waals surface area contributed by atoms with Crippen molar-refractivity contribution < 1.29 is 9.90 Å². The van der Waals surface area contributed by atoms with E-state index in [1.807, 2.05) is 19.9 Å². The molecule has 0 saturated carbocycles. The molecule has 1 aromatic rings. The van der Waals surface area contributed by atoms with E-state index in [-0.39, 0.29) is 11.5 Å². The Kier molecular flexibility index (Phi) is 5.04. The van der Waals surface area contributed by atoms with Gasteiger partial charge in [-0.2, -0.15) is 0 Å². The number of carboxylic acids is 1. The zero-order valence-corrected chi connectivity index (χ0v) is 12.8. The number of aliphatic carboxylic acids is 1. The van der Waals surface area contributed by atoms with E-state index < -0.39 is 12.0 Å². The van der Waals surface area contributed by atoms with Gasteiger partial charge in [0.05, 0.1) is 5.69 Å². The molecule has 0 bridgehead atoms. The first-order valence-corrected chi connectivity index (χ1v) is 7.70. The smallest absolute Gasteiger partial charge is 0.327 e. The summed E-state index contributed by atoms with van der Waals surface area (Å²) in [6, 6.07) is 2.48. The van der Waals surface area contributed by atoms with Crippen molar-refractivity contribution in [1.29, 1.82) is 0 Å². The highest BCUT2D eigenvalue weighted by Crippen LogP contribution is 2.22. The van der Waals surface area contributed by atoms with Crippen molar-refractivity contribution in [3.63, 3.8) is 0 Å². The predicted octanol–water partition coefficient (Wildman–Crippen LogP) is 2.51. The maximum Gasteiger partial charge on any atom is 0.327 e. The van der Waals surface area contributed by atoms with Crippen LogP contribution in [-0.2, 0) is 4.79 Å². The Labute approximate surface area is 125 Å². The fourth-order valence-electron chi connectivity index (χ4n) is 2.95. The molecular weight excluding hydrogens is 268 g/mol. The van der Waals surface area contributed by atoms with Crippen LogP contribution >= 0.6 is 0 Å². The summed E-state index contributed by atoms with van der Waals surface area (Å²) >= 11 is 0. The van der Waals surface area contributed by atoms with Crippen LogP contribution in [0.2, 0.25) is 0 Å². The molecule has 0 aliphatic carbocycles. The Balaban J connectivity index is 2.36. The average Bonchev–Trinajstić information content (AvgIpc) is 2.69. The highest BCUT2D eigenvalue weighted by Gasteiger charge is 2.25. The van der Waals surface area contributed by atoms with E-state index in [9.17, 15) is 14.7 Å². The zero-order valence-electron chi connectivity index (χ0n) is 12.8. The summed E-state index contributed by atoms with van der Waals surface area (Å²) in [4.78, 5) is 25.8. The average molecular weight is 292 g/mol. The number of rotatable bonds is 4. The molecule has 0 aromatic carbocycles. The number of pyridine rings is 1. The van der Waals surface area contributed by atoms with E-state index in [0.717, 1.165) is 31.6 Å². The fraction of sp³-hybridized carbons (Fsp3) is 0.625. The number of hydrogen-bond acceptors (Lipinski definition) is 3. The Bertz CT molecular complexity index is 543. The van der Waals surface area contributed by atoms with Crippen LogP contribution in [0.25, 0.3) is 0 Å². The topological polar surface area (TPSA) is 62.5 Å². The molecule has 2 heterocycles. The van der Waals surface area contributed by atoms with Crippen LogP contribution in [0.1, 0.15) is 45.6 Å². The summed E-state index contributed by atoms with van der Waals surface area (Å²) in [6.07, 6.45) is 6.48. The number of hydrogen-bond donors (Lipinski definition) is 1. The number of carbonyl (C=O) groups is 1. The molecule has 1 aliphatic heterocycles. The van der Waals surface area contributed by atoms with Gasteiger partial charge in [-0.25, -0.2) is 4.79 Å². The normalized spacial score (nSPS) is 17.6. The van der Waals surface area contributed by atoms with E-state index in [1.54, 1.807) is 6.20 Å². The van der Waals surface area contributed by atoms with Crippen LogP contribution in [0.3, 0.4) is 0 Å².